The van der Waals surface area contributed by atoms with Crippen molar-refractivity contribution >= 4 is 62.7 Å². The molecule has 26 heavy (non-hydrogen) atoms. The third-order valence-electron chi connectivity index (χ3n) is 3.58. The van der Waals surface area contributed by atoms with Crippen LogP contribution in [0.2, 0.25) is 0 Å². The van der Waals surface area contributed by atoms with Gasteiger partial charge < -0.3 is 5.32 Å². The van der Waals surface area contributed by atoms with Gasteiger partial charge in [-0.05, 0) is 25.5 Å². The predicted octanol–water partition coefficient (Wildman–Crippen LogP) is 3.38. The SMILES string of the molecule is Cc1ccc(C=C2SC(=S)N(CCC(=O)Nc3nnc(C)s3)C2=O)cc1. The third-order valence-corrected chi connectivity index (χ3v) is 5.72. The molecule has 1 N–H and O–H groups in total. The molecule has 134 valence electrons. The smallest absolute Gasteiger partial charge is 0.266 e. The highest BCUT2D eigenvalue weighted by atomic mass is 32.2. The average molecular weight is 405 g/mol. The van der Waals surface area contributed by atoms with Crippen molar-refractivity contribution in [2.75, 3.05) is 11.9 Å². The van der Waals surface area contributed by atoms with Gasteiger partial charge in [0.25, 0.3) is 5.91 Å². The number of aryl methyl sites for hydroxylation is 2. The minimum atomic E-state index is -0.224. The Balaban J connectivity index is 1.60. The molecule has 2 heterocycles. The van der Waals surface area contributed by atoms with E-state index in [1.165, 1.54) is 28.0 Å². The number of carbonyl (C=O) groups is 2. The van der Waals surface area contributed by atoms with Crippen LogP contribution in [0.5, 0.6) is 0 Å². The lowest BCUT2D eigenvalue weighted by molar-refractivity contribution is -0.122. The Hall–Kier alpha value is -2.10. The standard InChI is InChI=1S/C17H16N4O2S3/c1-10-3-5-12(6-4-10)9-13-15(23)21(17(24)26-13)8-7-14(22)18-16-20-19-11(2)25-16/h3-6,9H,7-8H2,1-2H3,(H,18,20,22). The fraction of sp³-hybridized carbons (Fsp3) is 0.235. The van der Waals surface area contributed by atoms with E-state index in [-0.39, 0.29) is 24.8 Å². The van der Waals surface area contributed by atoms with E-state index in [0.29, 0.717) is 14.4 Å². The van der Waals surface area contributed by atoms with Crippen LogP contribution < -0.4 is 5.32 Å². The van der Waals surface area contributed by atoms with Crippen molar-refractivity contribution < 1.29 is 9.59 Å². The molecule has 2 aromatic rings. The van der Waals surface area contributed by atoms with Gasteiger partial charge in [-0.1, -0.05) is 65.1 Å². The van der Waals surface area contributed by atoms with Gasteiger partial charge in [0.2, 0.25) is 11.0 Å². The zero-order chi connectivity index (χ0) is 18.7. The molecule has 1 saturated heterocycles. The Kier molecular flexibility index (Phi) is 5.80. The van der Waals surface area contributed by atoms with Crippen molar-refractivity contribution in [3.63, 3.8) is 0 Å². The summed E-state index contributed by atoms with van der Waals surface area (Å²) < 4.78 is 0.466. The summed E-state index contributed by atoms with van der Waals surface area (Å²) in [6.45, 7) is 4.06. The lowest BCUT2D eigenvalue weighted by Crippen LogP contribution is -2.31. The number of nitrogens with one attached hydrogen (secondary N) is 1. The van der Waals surface area contributed by atoms with Gasteiger partial charge in [0, 0.05) is 13.0 Å². The summed E-state index contributed by atoms with van der Waals surface area (Å²) >= 11 is 7.85. The number of amides is 2. The van der Waals surface area contributed by atoms with Crippen LogP contribution >= 0.6 is 35.3 Å². The summed E-state index contributed by atoms with van der Waals surface area (Å²) in [6, 6.07) is 7.90. The van der Waals surface area contributed by atoms with Crippen molar-refractivity contribution in [1.82, 2.24) is 15.1 Å². The summed E-state index contributed by atoms with van der Waals surface area (Å²) in [6.07, 6.45) is 1.96. The van der Waals surface area contributed by atoms with Crippen LogP contribution in [0, 0.1) is 13.8 Å². The second-order valence-electron chi connectivity index (χ2n) is 5.67. The van der Waals surface area contributed by atoms with Crippen molar-refractivity contribution in [2.45, 2.75) is 20.3 Å². The number of hydrogen-bond donors (Lipinski definition) is 1. The molecule has 9 heteroatoms. The van der Waals surface area contributed by atoms with Crippen LogP contribution in [0.15, 0.2) is 29.2 Å². The van der Waals surface area contributed by atoms with Gasteiger partial charge in [-0.3, -0.25) is 14.5 Å². The van der Waals surface area contributed by atoms with Crippen molar-refractivity contribution in [1.29, 1.82) is 0 Å². The quantitative estimate of drug-likeness (QED) is 0.608. The Morgan fingerprint density at radius 1 is 1.27 bits per heavy atom. The number of thioether (sulfide) groups is 1. The van der Waals surface area contributed by atoms with Gasteiger partial charge >= 0.3 is 0 Å². The molecule has 0 spiro atoms. The summed E-state index contributed by atoms with van der Waals surface area (Å²) in [7, 11) is 0. The molecule has 0 radical (unpaired) electrons. The monoisotopic (exact) mass is 404 g/mol. The van der Waals surface area contributed by atoms with Gasteiger partial charge in [-0.2, -0.15) is 0 Å². The zero-order valence-corrected chi connectivity index (χ0v) is 16.6. The third kappa shape index (κ3) is 4.54. The van der Waals surface area contributed by atoms with E-state index in [2.05, 4.69) is 15.5 Å². The Bertz CT molecular complexity index is 890. The topological polar surface area (TPSA) is 75.2 Å². The van der Waals surface area contributed by atoms with Crippen LogP contribution in [0.25, 0.3) is 6.08 Å². The maximum absolute atomic E-state index is 12.6. The minimum absolute atomic E-state index is 0.142. The molecule has 0 aliphatic carbocycles. The first-order chi connectivity index (χ1) is 12.4. The number of hydrogen-bond acceptors (Lipinski definition) is 7. The van der Waals surface area contributed by atoms with Crippen LogP contribution in [-0.4, -0.2) is 37.8 Å². The lowest BCUT2D eigenvalue weighted by atomic mass is 10.1. The molecular formula is C17H16N4O2S3. The first-order valence-corrected chi connectivity index (χ1v) is 9.88. The molecule has 2 amide bonds. The second kappa shape index (κ2) is 8.07. The van der Waals surface area contributed by atoms with Crippen LogP contribution in [-0.2, 0) is 9.59 Å². The number of aromatic nitrogens is 2. The molecule has 1 fully saturated rings. The fourth-order valence-electron chi connectivity index (χ4n) is 2.25. The first-order valence-electron chi connectivity index (χ1n) is 7.84. The highest BCUT2D eigenvalue weighted by Gasteiger charge is 2.32. The van der Waals surface area contributed by atoms with Gasteiger partial charge in [0.1, 0.15) is 9.33 Å². The molecule has 3 rings (SSSR count). The molecular weight excluding hydrogens is 388 g/mol. The van der Waals surface area contributed by atoms with Crippen LogP contribution in [0.1, 0.15) is 22.6 Å². The van der Waals surface area contributed by atoms with E-state index < -0.39 is 0 Å². The maximum atomic E-state index is 12.6. The van der Waals surface area contributed by atoms with E-state index >= 15 is 0 Å². The number of nitrogens with zero attached hydrogens (tertiary/aromatic N) is 3. The molecule has 1 aliphatic heterocycles. The molecule has 0 bridgehead atoms. The normalized spacial score (nSPS) is 15.8. The molecule has 1 aromatic carbocycles. The first kappa shape index (κ1) is 18.7. The molecule has 0 saturated carbocycles. The highest BCUT2D eigenvalue weighted by Crippen LogP contribution is 2.32. The minimum Gasteiger partial charge on any atom is -0.300 e. The van der Waals surface area contributed by atoms with Crippen molar-refractivity contribution in [3.05, 3.63) is 45.3 Å². The fourth-order valence-corrected chi connectivity index (χ4v) is 4.17. The highest BCUT2D eigenvalue weighted by molar-refractivity contribution is 8.26. The van der Waals surface area contributed by atoms with Gasteiger partial charge in [-0.25, -0.2) is 0 Å². The molecule has 1 aliphatic rings. The van der Waals surface area contributed by atoms with Crippen molar-refractivity contribution in [2.24, 2.45) is 0 Å². The largest absolute Gasteiger partial charge is 0.300 e. The number of anilines is 1. The summed E-state index contributed by atoms with van der Waals surface area (Å²) in [4.78, 5) is 26.6. The lowest BCUT2D eigenvalue weighted by Gasteiger charge is -2.13. The van der Waals surface area contributed by atoms with E-state index in [4.69, 9.17) is 12.2 Å². The van der Waals surface area contributed by atoms with Gasteiger partial charge in [0.15, 0.2) is 0 Å². The van der Waals surface area contributed by atoms with Crippen molar-refractivity contribution in [3.8, 4) is 0 Å². The summed E-state index contributed by atoms with van der Waals surface area (Å²) in [5, 5.41) is 11.6. The van der Waals surface area contributed by atoms with Gasteiger partial charge in [-0.15, -0.1) is 10.2 Å². The molecule has 6 nitrogen and oxygen atoms in total. The molecule has 1 aromatic heterocycles. The number of carbonyl (C=O) groups excluding carboxylic acids is 2. The number of rotatable bonds is 5. The Morgan fingerprint density at radius 2 is 2.00 bits per heavy atom. The van der Waals surface area contributed by atoms with E-state index in [9.17, 15) is 9.59 Å². The predicted molar refractivity (Wildman–Crippen MR) is 109 cm³/mol. The second-order valence-corrected chi connectivity index (χ2v) is 8.53. The summed E-state index contributed by atoms with van der Waals surface area (Å²) in [5.74, 6) is -0.391. The molecule has 0 unspecified atom stereocenters. The van der Waals surface area contributed by atoms with E-state index in [1.54, 1.807) is 0 Å². The average Bonchev–Trinajstić information content (AvgIpc) is 3.11. The molecule has 0 atom stereocenters. The number of benzene rings is 1. The van der Waals surface area contributed by atoms with E-state index in [0.717, 1.165) is 16.1 Å². The Morgan fingerprint density at radius 3 is 2.65 bits per heavy atom. The maximum Gasteiger partial charge on any atom is 0.266 e. The Labute approximate surface area is 164 Å². The van der Waals surface area contributed by atoms with Crippen LogP contribution in [0.3, 0.4) is 0 Å². The number of thiocarbonyl (C=S) groups is 1. The summed E-state index contributed by atoms with van der Waals surface area (Å²) in [5.41, 5.74) is 2.10. The van der Waals surface area contributed by atoms with E-state index in [1.807, 2.05) is 44.2 Å². The van der Waals surface area contributed by atoms with Gasteiger partial charge in [0.05, 0.1) is 4.91 Å². The van der Waals surface area contributed by atoms with Crippen LogP contribution in [0.4, 0.5) is 5.13 Å². The zero-order valence-electron chi connectivity index (χ0n) is 14.2.